The highest BCUT2D eigenvalue weighted by Crippen LogP contribution is 2.41. The Bertz CT molecular complexity index is 772. The number of carbonyl (C=O) groups excluding carboxylic acids is 2. The number of anilines is 1. The Hall–Kier alpha value is -2.14. The van der Waals surface area contributed by atoms with E-state index in [0.717, 1.165) is 10.0 Å². The van der Waals surface area contributed by atoms with Crippen LogP contribution in [0, 0.1) is 0 Å². The number of hydrogen-bond donors (Lipinski definition) is 1. The molecule has 4 rings (SSSR count). The summed E-state index contributed by atoms with van der Waals surface area (Å²) in [5.41, 5.74) is 2.66. The number of hydrogen-bond acceptors (Lipinski definition) is 2. The van der Waals surface area contributed by atoms with Crippen LogP contribution in [0.2, 0.25) is 0 Å². The largest absolute Gasteiger partial charge is 0.327 e. The van der Waals surface area contributed by atoms with E-state index in [0.29, 0.717) is 16.8 Å². The summed E-state index contributed by atoms with van der Waals surface area (Å²) in [4.78, 5) is 26.4. The summed E-state index contributed by atoms with van der Waals surface area (Å²) < 4.78 is 0.888. The first kappa shape index (κ1) is 11.7. The lowest BCUT2D eigenvalue weighted by Gasteiger charge is -2.32. The first-order valence-corrected chi connectivity index (χ1v) is 6.99. The molecule has 5 heteroatoms. The number of para-hydroxylation sites is 1. The van der Waals surface area contributed by atoms with E-state index < -0.39 is 6.17 Å². The smallest absolute Gasteiger partial charge is 0.260 e. The molecule has 0 unspecified atom stereocenters. The molecule has 0 saturated heterocycles. The predicted octanol–water partition coefficient (Wildman–Crippen LogP) is 2.85. The maximum absolute atomic E-state index is 12.6. The van der Waals surface area contributed by atoms with Gasteiger partial charge >= 0.3 is 0 Å². The molecule has 0 aliphatic carbocycles. The average Bonchev–Trinajstić information content (AvgIpc) is 2.72. The lowest BCUT2D eigenvalue weighted by atomic mass is 10.1. The summed E-state index contributed by atoms with van der Waals surface area (Å²) in [6, 6.07) is 12.7. The molecule has 98 valence electrons. The summed E-state index contributed by atoms with van der Waals surface area (Å²) in [6.07, 6.45) is -0.419. The molecule has 0 saturated carbocycles. The number of amides is 2. The van der Waals surface area contributed by atoms with E-state index in [2.05, 4.69) is 21.2 Å². The number of carbonyl (C=O) groups is 2. The number of nitrogens with one attached hydrogen (secondary N) is 1. The van der Waals surface area contributed by atoms with Gasteiger partial charge in [0.05, 0.1) is 11.3 Å². The highest BCUT2D eigenvalue weighted by Gasteiger charge is 2.43. The number of rotatable bonds is 0. The van der Waals surface area contributed by atoms with Crippen LogP contribution in [0.3, 0.4) is 0 Å². The second-order valence-electron chi connectivity index (χ2n) is 4.80. The van der Waals surface area contributed by atoms with Gasteiger partial charge in [-0.2, -0.15) is 0 Å². The zero-order chi connectivity index (χ0) is 13.9. The molecule has 4 nitrogen and oxygen atoms in total. The third kappa shape index (κ3) is 1.41. The molecule has 2 aromatic rings. The van der Waals surface area contributed by atoms with Crippen LogP contribution >= 0.6 is 15.9 Å². The van der Waals surface area contributed by atoms with Crippen molar-refractivity contribution in [3.63, 3.8) is 0 Å². The van der Waals surface area contributed by atoms with Gasteiger partial charge in [-0.25, -0.2) is 0 Å². The third-order valence-electron chi connectivity index (χ3n) is 3.69. The van der Waals surface area contributed by atoms with Crippen LogP contribution in [0.1, 0.15) is 32.4 Å². The van der Waals surface area contributed by atoms with Crippen LogP contribution in [0.25, 0.3) is 0 Å². The molecule has 1 atom stereocenters. The fourth-order valence-electron chi connectivity index (χ4n) is 2.81. The lowest BCUT2D eigenvalue weighted by Crippen LogP contribution is -2.45. The van der Waals surface area contributed by atoms with Crippen LogP contribution in [0.4, 0.5) is 5.69 Å². The quantitative estimate of drug-likeness (QED) is 0.808. The maximum Gasteiger partial charge on any atom is 0.260 e. The molecular formula is C15H9BrN2O2. The van der Waals surface area contributed by atoms with Gasteiger partial charge in [0, 0.05) is 15.6 Å². The van der Waals surface area contributed by atoms with E-state index in [-0.39, 0.29) is 11.8 Å². The molecule has 20 heavy (non-hydrogen) atoms. The molecular weight excluding hydrogens is 320 g/mol. The van der Waals surface area contributed by atoms with Crippen molar-refractivity contribution in [1.82, 2.24) is 5.32 Å². The molecule has 2 aliphatic rings. The van der Waals surface area contributed by atoms with E-state index in [1.54, 1.807) is 29.2 Å². The Morgan fingerprint density at radius 3 is 2.70 bits per heavy atom. The van der Waals surface area contributed by atoms with Crippen molar-refractivity contribution in [3.8, 4) is 0 Å². The van der Waals surface area contributed by atoms with Gasteiger partial charge in [0.25, 0.3) is 11.8 Å². The topological polar surface area (TPSA) is 49.4 Å². The average molecular weight is 329 g/mol. The first-order chi connectivity index (χ1) is 9.66. The molecule has 2 aromatic carbocycles. The molecule has 0 fully saturated rings. The second kappa shape index (κ2) is 3.93. The van der Waals surface area contributed by atoms with Crippen molar-refractivity contribution in [2.24, 2.45) is 0 Å². The van der Waals surface area contributed by atoms with Crippen LogP contribution in [-0.4, -0.2) is 11.8 Å². The minimum atomic E-state index is -0.419. The fourth-order valence-corrected chi connectivity index (χ4v) is 3.19. The molecule has 0 spiro atoms. The predicted molar refractivity (Wildman–Crippen MR) is 77.6 cm³/mol. The fraction of sp³-hybridized carbons (Fsp3) is 0.0667. The standard InChI is InChI=1S/C15H9BrN2O2/c16-8-5-6-9-11(7-8)13-17-14(19)10-3-1-2-4-12(10)18(13)15(9)20/h1-7,13H,(H,17,19)/t13-/m0/s1. The van der Waals surface area contributed by atoms with Crippen molar-refractivity contribution < 1.29 is 9.59 Å². The van der Waals surface area contributed by atoms with Crippen molar-refractivity contribution >= 4 is 33.4 Å². The second-order valence-corrected chi connectivity index (χ2v) is 5.72. The first-order valence-electron chi connectivity index (χ1n) is 6.20. The van der Waals surface area contributed by atoms with Crippen LogP contribution in [0.5, 0.6) is 0 Å². The Labute approximate surface area is 123 Å². The van der Waals surface area contributed by atoms with E-state index in [4.69, 9.17) is 0 Å². The van der Waals surface area contributed by atoms with Crippen LogP contribution < -0.4 is 10.2 Å². The van der Waals surface area contributed by atoms with Gasteiger partial charge in [0.2, 0.25) is 0 Å². The molecule has 2 heterocycles. The molecule has 0 radical (unpaired) electrons. The normalized spacial score (nSPS) is 19.2. The van der Waals surface area contributed by atoms with E-state index in [9.17, 15) is 9.59 Å². The van der Waals surface area contributed by atoms with Crippen molar-refractivity contribution in [1.29, 1.82) is 0 Å². The van der Waals surface area contributed by atoms with Crippen molar-refractivity contribution in [2.45, 2.75) is 6.17 Å². The Kier molecular flexibility index (Phi) is 2.29. The van der Waals surface area contributed by atoms with Gasteiger partial charge in [0.1, 0.15) is 6.17 Å². The Balaban J connectivity index is 1.96. The number of halogens is 1. The van der Waals surface area contributed by atoms with E-state index in [1.165, 1.54) is 0 Å². The van der Waals surface area contributed by atoms with Gasteiger partial charge < -0.3 is 5.32 Å². The van der Waals surface area contributed by atoms with Crippen LogP contribution in [0.15, 0.2) is 46.9 Å². The molecule has 0 aromatic heterocycles. The number of nitrogens with zero attached hydrogens (tertiary/aromatic N) is 1. The van der Waals surface area contributed by atoms with Gasteiger partial charge in [0.15, 0.2) is 0 Å². The number of benzene rings is 2. The monoisotopic (exact) mass is 328 g/mol. The van der Waals surface area contributed by atoms with Gasteiger partial charge in [-0.05, 0) is 30.3 Å². The Morgan fingerprint density at radius 2 is 1.85 bits per heavy atom. The lowest BCUT2D eigenvalue weighted by molar-refractivity contribution is 0.0912. The van der Waals surface area contributed by atoms with Gasteiger partial charge in [-0.3, -0.25) is 14.5 Å². The van der Waals surface area contributed by atoms with E-state index in [1.807, 2.05) is 18.2 Å². The maximum atomic E-state index is 12.6. The SMILES string of the molecule is O=C1N[C@@H]2c3cc(Br)ccc3C(=O)N2c2ccccc21. The van der Waals surface area contributed by atoms with E-state index >= 15 is 0 Å². The highest BCUT2D eigenvalue weighted by atomic mass is 79.9. The summed E-state index contributed by atoms with van der Waals surface area (Å²) in [5.74, 6) is -0.229. The molecule has 2 amide bonds. The summed E-state index contributed by atoms with van der Waals surface area (Å²) >= 11 is 3.41. The zero-order valence-electron chi connectivity index (χ0n) is 10.3. The van der Waals surface area contributed by atoms with Crippen molar-refractivity contribution in [2.75, 3.05) is 4.90 Å². The highest BCUT2D eigenvalue weighted by molar-refractivity contribution is 9.10. The minimum Gasteiger partial charge on any atom is -0.327 e. The molecule has 1 N–H and O–H groups in total. The van der Waals surface area contributed by atoms with Crippen molar-refractivity contribution in [3.05, 3.63) is 63.6 Å². The Morgan fingerprint density at radius 1 is 1.05 bits per heavy atom. The number of fused-ring (bicyclic) bond motifs is 5. The summed E-state index contributed by atoms with van der Waals surface area (Å²) in [5, 5.41) is 2.89. The van der Waals surface area contributed by atoms with Crippen LogP contribution in [-0.2, 0) is 0 Å². The minimum absolute atomic E-state index is 0.0787. The molecule has 2 aliphatic heterocycles. The van der Waals surface area contributed by atoms with Gasteiger partial charge in [-0.15, -0.1) is 0 Å². The summed E-state index contributed by atoms with van der Waals surface area (Å²) in [6.45, 7) is 0. The third-order valence-corrected chi connectivity index (χ3v) is 4.18. The molecule has 0 bridgehead atoms. The zero-order valence-corrected chi connectivity index (χ0v) is 11.8. The van der Waals surface area contributed by atoms with Gasteiger partial charge in [-0.1, -0.05) is 28.1 Å². The summed E-state index contributed by atoms with van der Waals surface area (Å²) in [7, 11) is 0.